The van der Waals surface area contributed by atoms with Gasteiger partial charge in [-0.3, -0.25) is 4.79 Å². The van der Waals surface area contributed by atoms with Crippen molar-refractivity contribution in [2.45, 2.75) is 89.9 Å². The predicted molar refractivity (Wildman–Crippen MR) is 79.0 cm³/mol. The van der Waals surface area contributed by atoms with E-state index in [0.29, 0.717) is 6.42 Å². The Labute approximate surface area is 118 Å². The SMILES string of the molecule is O=C(Cl)CCCCCCCCCCCCC1CC1. The van der Waals surface area contributed by atoms with Crippen molar-refractivity contribution in [3.05, 3.63) is 0 Å². The Morgan fingerprint density at radius 3 is 1.67 bits per heavy atom. The summed E-state index contributed by atoms with van der Waals surface area (Å²) in [5.41, 5.74) is 0. The average molecular weight is 273 g/mol. The minimum atomic E-state index is -0.179. The summed E-state index contributed by atoms with van der Waals surface area (Å²) in [6.07, 6.45) is 18.4. The molecule has 0 aliphatic heterocycles. The van der Waals surface area contributed by atoms with Crippen LogP contribution < -0.4 is 0 Å². The fraction of sp³-hybridized carbons (Fsp3) is 0.938. The van der Waals surface area contributed by atoms with Crippen LogP contribution in [0.4, 0.5) is 0 Å². The number of hydrogen-bond acceptors (Lipinski definition) is 1. The first-order chi connectivity index (χ1) is 8.79. The van der Waals surface area contributed by atoms with E-state index in [4.69, 9.17) is 11.6 Å². The molecule has 0 saturated heterocycles. The van der Waals surface area contributed by atoms with E-state index >= 15 is 0 Å². The van der Waals surface area contributed by atoms with E-state index in [1.807, 2.05) is 0 Å². The van der Waals surface area contributed by atoms with Gasteiger partial charge in [0.2, 0.25) is 5.24 Å². The quantitative estimate of drug-likeness (QED) is 0.304. The molecule has 0 heterocycles. The van der Waals surface area contributed by atoms with Crippen LogP contribution in [0.1, 0.15) is 89.9 Å². The van der Waals surface area contributed by atoms with E-state index in [9.17, 15) is 4.79 Å². The molecule has 0 spiro atoms. The molecule has 0 aromatic rings. The van der Waals surface area contributed by atoms with Crippen molar-refractivity contribution in [3.8, 4) is 0 Å². The van der Waals surface area contributed by atoms with Crippen LogP contribution in [-0.2, 0) is 4.79 Å². The van der Waals surface area contributed by atoms with Gasteiger partial charge in [0.15, 0.2) is 0 Å². The monoisotopic (exact) mass is 272 g/mol. The fourth-order valence-electron chi connectivity index (χ4n) is 2.52. The van der Waals surface area contributed by atoms with Crippen LogP contribution in [0, 0.1) is 5.92 Å². The van der Waals surface area contributed by atoms with Crippen molar-refractivity contribution in [2.75, 3.05) is 0 Å². The Kier molecular flexibility index (Phi) is 9.65. The van der Waals surface area contributed by atoms with Gasteiger partial charge in [0.25, 0.3) is 0 Å². The van der Waals surface area contributed by atoms with Gasteiger partial charge in [0.1, 0.15) is 0 Å². The zero-order chi connectivity index (χ0) is 13.1. The summed E-state index contributed by atoms with van der Waals surface area (Å²) in [6.45, 7) is 0. The normalized spacial score (nSPS) is 14.9. The third kappa shape index (κ3) is 11.1. The molecule has 0 unspecified atom stereocenters. The topological polar surface area (TPSA) is 17.1 Å². The van der Waals surface area contributed by atoms with Crippen molar-refractivity contribution < 1.29 is 4.79 Å². The van der Waals surface area contributed by atoms with Crippen LogP contribution in [0.25, 0.3) is 0 Å². The van der Waals surface area contributed by atoms with E-state index in [-0.39, 0.29) is 5.24 Å². The van der Waals surface area contributed by atoms with E-state index in [0.717, 1.165) is 12.3 Å². The number of carbonyl (C=O) groups excluding carboxylic acids is 1. The Balaban J connectivity index is 1.64. The number of carbonyl (C=O) groups is 1. The van der Waals surface area contributed by atoms with Crippen LogP contribution in [0.3, 0.4) is 0 Å². The highest BCUT2D eigenvalue weighted by Gasteiger charge is 2.19. The lowest BCUT2D eigenvalue weighted by atomic mass is 10.0. The molecule has 0 N–H and O–H groups in total. The van der Waals surface area contributed by atoms with Crippen molar-refractivity contribution in [3.63, 3.8) is 0 Å². The molecule has 0 aromatic carbocycles. The van der Waals surface area contributed by atoms with Gasteiger partial charge in [-0.15, -0.1) is 0 Å². The fourth-order valence-corrected chi connectivity index (χ4v) is 2.65. The Morgan fingerprint density at radius 2 is 1.22 bits per heavy atom. The minimum Gasteiger partial charge on any atom is -0.281 e. The summed E-state index contributed by atoms with van der Waals surface area (Å²) in [5.74, 6) is 1.12. The molecule has 0 atom stereocenters. The summed E-state index contributed by atoms with van der Waals surface area (Å²) in [7, 11) is 0. The van der Waals surface area contributed by atoms with Crippen molar-refractivity contribution in [2.24, 2.45) is 5.92 Å². The lowest BCUT2D eigenvalue weighted by molar-refractivity contribution is -0.111. The minimum absolute atomic E-state index is 0.179. The molecule has 1 aliphatic carbocycles. The van der Waals surface area contributed by atoms with Gasteiger partial charge in [-0.2, -0.15) is 0 Å². The summed E-state index contributed by atoms with van der Waals surface area (Å²) >= 11 is 5.29. The molecule has 0 aromatic heterocycles. The van der Waals surface area contributed by atoms with Gasteiger partial charge < -0.3 is 0 Å². The maximum absolute atomic E-state index is 10.5. The maximum atomic E-state index is 10.5. The zero-order valence-corrected chi connectivity index (χ0v) is 12.5. The summed E-state index contributed by atoms with van der Waals surface area (Å²) in [4.78, 5) is 10.5. The molecule has 2 heteroatoms. The van der Waals surface area contributed by atoms with Crippen LogP contribution in [0.5, 0.6) is 0 Å². The van der Waals surface area contributed by atoms with Gasteiger partial charge in [0, 0.05) is 6.42 Å². The van der Waals surface area contributed by atoms with Crippen molar-refractivity contribution in [1.82, 2.24) is 0 Å². The van der Waals surface area contributed by atoms with Gasteiger partial charge in [-0.25, -0.2) is 0 Å². The van der Waals surface area contributed by atoms with E-state index in [1.165, 1.54) is 77.0 Å². The summed E-state index contributed by atoms with van der Waals surface area (Å²) in [5, 5.41) is -0.179. The van der Waals surface area contributed by atoms with Gasteiger partial charge >= 0.3 is 0 Å². The van der Waals surface area contributed by atoms with Gasteiger partial charge in [0.05, 0.1) is 0 Å². The van der Waals surface area contributed by atoms with Crippen LogP contribution in [0.2, 0.25) is 0 Å². The predicted octanol–water partition coefficient (Wildman–Crippen LogP) is 5.84. The molecule has 18 heavy (non-hydrogen) atoms. The highest BCUT2D eigenvalue weighted by atomic mass is 35.5. The molecule has 1 rings (SSSR count). The number of rotatable bonds is 13. The highest BCUT2D eigenvalue weighted by molar-refractivity contribution is 6.63. The van der Waals surface area contributed by atoms with E-state index in [2.05, 4.69) is 0 Å². The molecule has 1 saturated carbocycles. The molecule has 106 valence electrons. The van der Waals surface area contributed by atoms with E-state index < -0.39 is 0 Å². The zero-order valence-electron chi connectivity index (χ0n) is 11.8. The second-order valence-corrected chi connectivity index (χ2v) is 6.29. The largest absolute Gasteiger partial charge is 0.281 e. The third-order valence-electron chi connectivity index (χ3n) is 3.93. The molecule has 1 fully saturated rings. The number of hydrogen-bond donors (Lipinski definition) is 0. The molecule has 0 radical (unpaired) electrons. The summed E-state index contributed by atoms with van der Waals surface area (Å²) in [6, 6.07) is 0. The standard InChI is InChI=1S/C16H29ClO/c17-16(18)12-10-8-6-4-2-1-3-5-7-9-11-15-13-14-15/h15H,1-14H2. The lowest BCUT2D eigenvalue weighted by Gasteiger charge is -2.02. The maximum Gasteiger partial charge on any atom is 0.221 e. The van der Waals surface area contributed by atoms with Gasteiger partial charge in [-0.1, -0.05) is 77.0 Å². The summed E-state index contributed by atoms with van der Waals surface area (Å²) < 4.78 is 0. The Morgan fingerprint density at radius 1 is 0.778 bits per heavy atom. The number of unbranched alkanes of at least 4 members (excludes halogenated alkanes) is 9. The molecule has 0 bridgehead atoms. The first kappa shape index (κ1) is 16.0. The Bertz CT molecular complexity index is 211. The van der Waals surface area contributed by atoms with Crippen LogP contribution in [0.15, 0.2) is 0 Å². The second-order valence-electron chi connectivity index (χ2n) is 5.87. The molecule has 1 aliphatic rings. The van der Waals surface area contributed by atoms with Gasteiger partial charge in [-0.05, 0) is 23.9 Å². The number of halogens is 1. The molecular formula is C16H29ClO. The van der Waals surface area contributed by atoms with Crippen molar-refractivity contribution in [1.29, 1.82) is 0 Å². The highest BCUT2D eigenvalue weighted by Crippen LogP contribution is 2.34. The second kappa shape index (κ2) is 10.8. The van der Waals surface area contributed by atoms with Crippen LogP contribution >= 0.6 is 11.6 Å². The molecule has 1 nitrogen and oxygen atoms in total. The van der Waals surface area contributed by atoms with Crippen molar-refractivity contribution >= 4 is 16.8 Å². The third-order valence-corrected chi connectivity index (χ3v) is 4.12. The smallest absolute Gasteiger partial charge is 0.221 e. The molecular weight excluding hydrogens is 244 g/mol. The average Bonchev–Trinajstić information content (AvgIpc) is 3.14. The first-order valence-corrected chi connectivity index (χ1v) is 8.35. The molecule has 0 amide bonds. The first-order valence-electron chi connectivity index (χ1n) is 7.97. The van der Waals surface area contributed by atoms with E-state index in [1.54, 1.807) is 0 Å². The Hall–Kier alpha value is -0.0400. The lowest BCUT2D eigenvalue weighted by Crippen LogP contribution is -1.86. The van der Waals surface area contributed by atoms with Crippen LogP contribution in [-0.4, -0.2) is 5.24 Å².